The lowest BCUT2D eigenvalue weighted by molar-refractivity contribution is -0.137. The molecule has 1 aromatic carbocycles. The number of nitrogen functional groups attached to an aromatic ring is 1. The number of alkyl halides is 3. The number of aliphatic hydroxyl groups excluding tert-OH is 1. The minimum atomic E-state index is -4.38. The van der Waals surface area contributed by atoms with Gasteiger partial charge in [0.05, 0.1) is 11.7 Å². The summed E-state index contributed by atoms with van der Waals surface area (Å²) in [6.45, 7) is 0. The molecular weight excluding hydrogens is 281 g/mol. The van der Waals surface area contributed by atoms with E-state index in [2.05, 4.69) is 4.98 Å². The van der Waals surface area contributed by atoms with Gasteiger partial charge in [-0.25, -0.2) is 0 Å². The molecule has 2 aromatic rings. The molecule has 0 radical (unpaired) electrons. The van der Waals surface area contributed by atoms with E-state index < -0.39 is 17.8 Å². The summed E-state index contributed by atoms with van der Waals surface area (Å²) >= 11 is 0. The zero-order valence-electron chi connectivity index (χ0n) is 11.1. The molecular formula is C15H15F3N2O. The number of nitrogens with two attached hydrogens (primary N) is 1. The lowest BCUT2D eigenvalue weighted by atomic mass is 10.00. The molecule has 0 spiro atoms. The fraction of sp³-hybridized carbons (Fsp3) is 0.267. The largest absolute Gasteiger partial charge is 0.416 e. The van der Waals surface area contributed by atoms with E-state index in [0.717, 1.165) is 12.1 Å². The zero-order chi connectivity index (χ0) is 15.5. The second-order valence-electron chi connectivity index (χ2n) is 4.83. The van der Waals surface area contributed by atoms with Crippen LogP contribution in [0.15, 0.2) is 42.7 Å². The quantitative estimate of drug-likeness (QED) is 0.912. The summed E-state index contributed by atoms with van der Waals surface area (Å²) < 4.78 is 37.9. The predicted molar refractivity (Wildman–Crippen MR) is 73.5 cm³/mol. The van der Waals surface area contributed by atoms with Crippen LogP contribution in [-0.4, -0.2) is 16.2 Å². The Hall–Kier alpha value is -2.08. The molecule has 0 aliphatic carbocycles. The van der Waals surface area contributed by atoms with Crippen LogP contribution in [0.2, 0.25) is 0 Å². The summed E-state index contributed by atoms with van der Waals surface area (Å²) in [5.74, 6) is 0. The molecule has 0 aliphatic heterocycles. The first-order chi connectivity index (χ1) is 9.86. The van der Waals surface area contributed by atoms with E-state index in [9.17, 15) is 18.3 Å². The van der Waals surface area contributed by atoms with E-state index in [1.165, 1.54) is 12.3 Å². The molecule has 1 atom stereocenters. The Morgan fingerprint density at radius 2 is 1.95 bits per heavy atom. The van der Waals surface area contributed by atoms with Gasteiger partial charge in [0.15, 0.2) is 0 Å². The SMILES string of the molecule is Nc1ccncc1CC(O)Cc1cccc(C(F)(F)F)c1. The van der Waals surface area contributed by atoms with Gasteiger partial charge in [-0.3, -0.25) is 4.98 Å². The smallest absolute Gasteiger partial charge is 0.398 e. The van der Waals surface area contributed by atoms with Crippen LogP contribution in [0, 0.1) is 0 Å². The number of aliphatic hydroxyl groups is 1. The second kappa shape index (κ2) is 6.13. The van der Waals surface area contributed by atoms with Crippen molar-refractivity contribution in [2.75, 3.05) is 5.73 Å². The molecule has 21 heavy (non-hydrogen) atoms. The fourth-order valence-corrected chi connectivity index (χ4v) is 2.08. The third kappa shape index (κ3) is 4.19. The number of aromatic nitrogens is 1. The maximum Gasteiger partial charge on any atom is 0.416 e. The Labute approximate surface area is 120 Å². The summed E-state index contributed by atoms with van der Waals surface area (Å²) in [6.07, 6.45) is -1.74. The van der Waals surface area contributed by atoms with E-state index in [1.54, 1.807) is 18.3 Å². The summed E-state index contributed by atoms with van der Waals surface area (Å²) in [5.41, 5.74) is 6.64. The minimum Gasteiger partial charge on any atom is -0.398 e. The van der Waals surface area contributed by atoms with Gasteiger partial charge in [0.2, 0.25) is 0 Å². The number of hydrogen-bond donors (Lipinski definition) is 2. The highest BCUT2D eigenvalue weighted by Gasteiger charge is 2.30. The molecule has 3 nitrogen and oxygen atoms in total. The van der Waals surface area contributed by atoms with Crippen LogP contribution in [-0.2, 0) is 19.0 Å². The van der Waals surface area contributed by atoms with Gasteiger partial charge in [0.25, 0.3) is 0 Å². The molecule has 0 bridgehead atoms. The van der Waals surface area contributed by atoms with Gasteiger partial charge in [0, 0.05) is 24.5 Å². The van der Waals surface area contributed by atoms with Gasteiger partial charge >= 0.3 is 6.18 Å². The molecule has 0 amide bonds. The predicted octanol–water partition coefficient (Wildman–Crippen LogP) is 2.83. The summed E-state index contributed by atoms with van der Waals surface area (Å²) in [7, 11) is 0. The molecule has 1 heterocycles. The first-order valence-electron chi connectivity index (χ1n) is 6.39. The van der Waals surface area contributed by atoms with E-state index in [-0.39, 0.29) is 12.8 Å². The van der Waals surface area contributed by atoms with Crippen LogP contribution in [0.4, 0.5) is 18.9 Å². The summed E-state index contributed by atoms with van der Waals surface area (Å²) in [6, 6.07) is 6.57. The standard InChI is InChI=1S/C15H15F3N2O/c16-15(17,18)12-3-1-2-10(6-12)7-13(21)8-11-9-20-5-4-14(11)19/h1-6,9,13,21H,7-8H2,(H2,19,20). The molecule has 0 aliphatic rings. The van der Waals surface area contributed by atoms with Crippen molar-refractivity contribution in [1.82, 2.24) is 4.98 Å². The lowest BCUT2D eigenvalue weighted by Crippen LogP contribution is -2.16. The van der Waals surface area contributed by atoms with Crippen molar-refractivity contribution in [3.63, 3.8) is 0 Å². The highest BCUT2D eigenvalue weighted by Crippen LogP contribution is 2.29. The van der Waals surface area contributed by atoms with Gasteiger partial charge in [-0.2, -0.15) is 13.2 Å². The zero-order valence-corrected chi connectivity index (χ0v) is 11.1. The third-order valence-corrected chi connectivity index (χ3v) is 3.12. The van der Waals surface area contributed by atoms with Crippen molar-refractivity contribution in [3.05, 3.63) is 59.4 Å². The first kappa shape index (κ1) is 15.3. The molecule has 0 fully saturated rings. The minimum absolute atomic E-state index is 0.123. The van der Waals surface area contributed by atoms with Crippen LogP contribution >= 0.6 is 0 Å². The van der Waals surface area contributed by atoms with Crippen LogP contribution < -0.4 is 5.73 Å². The van der Waals surface area contributed by atoms with Crippen molar-refractivity contribution >= 4 is 5.69 Å². The topological polar surface area (TPSA) is 59.1 Å². The highest BCUT2D eigenvalue weighted by molar-refractivity contribution is 5.44. The van der Waals surface area contributed by atoms with E-state index in [4.69, 9.17) is 5.73 Å². The van der Waals surface area contributed by atoms with Crippen LogP contribution in [0.3, 0.4) is 0 Å². The monoisotopic (exact) mass is 296 g/mol. The fourth-order valence-electron chi connectivity index (χ4n) is 2.08. The molecule has 3 N–H and O–H groups in total. The summed E-state index contributed by atoms with van der Waals surface area (Å²) in [5, 5.41) is 10.0. The number of benzene rings is 1. The number of anilines is 1. The molecule has 0 saturated heterocycles. The van der Waals surface area contributed by atoms with Gasteiger partial charge in [-0.15, -0.1) is 0 Å². The van der Waals surface area contributed by atoms with E-state index >= 15 is 0 Å². The van der Waals surface area contributed by atoms with Gasteiger partial charge in [-0.05, 0) is 29.7 Å². The van der Waals surface area contributed by atoms with Crippen molar-refractivity contribution in [1.29, 1.82) is 0 Å². The van der Waals surface area contributed by atoms with Crippen molar-refractivity contribution in [2.45, 2.75) is 25.1 Å². The number of pyridine rings is 1. The van der Waals surface area contributed by atoms with E-state index in [1.807, 2.05) is 0 Å². The molecule has 112 valence electrons. The number of halogens is 3. The average molecular weight is 296 g/mol. The van der Waals surface area contributed by atoms with Crippen LogP contribution in [0.25, 0.3) is 0 Å². The first-order valence-corrected chi connectivity index (χ1v) is 6.39. The maximum atomic E-state index is 12.6. The third-order valence-electron chi connectivity index (χ3n) is 3.12. The van der Waals surface area contributed by atoms with Crippen LogP contribution in [0.5, 0.6) is 0 Å². The molecule has 6 heteroatoms. The van der Waals surface area contributed by atoms with Gasteiger partial charge in [-0.1, -0.05) is 18.2 Å². The lowest BCUT2D eigenvalue weighted by Gasteiger charge is -2.13. The van der Waals surface area contributed by atoms with Gasteiger partial charge in [0.1, 0.15) is 0 Å². The average Bonchev–Trinajstić information content (AvgIpc) is 2.41. The number of rotatable bonds is 4. The molecule has 1 unspecified atom stereocenters. The molecule has 1 aromatic heterocycles. The Kier molecular flexibility index (Phi) is 4.47. The molecule has 0 saturated carbocycles. The Bertz CT molecular complexity index is 614. The highest BCUT2D eigenvalue weighted by atomic mass is 19.4. The Morgan fingerprint density at radius 3 is 2.62 bits per heavy atom. The van der Waals surface area contributed by atoms with Crippen molar-refractivity contribution in [2.24, 2.45) is 0 Å². The summed E-state index contributed by atoms with van der Waals surface area (Å²) in [4.78, 5) is 3.91. The maximum absolute atomic E-state index is 12.6. The molecule has 2 rings (SSSR count). The Morgan fingerprint density at radius 1 is 1.19 bits per heavy atom. The normalized spacial score (nSPS) is 13.1. The second-order valence-corrected chi connectivity index (χ2v) is 4.83. The van der Waals surface area contributed by atoms with E-state index in [0.29, 0.717) is 16.8 Å². The van der Waals surface area contributed by atoms with Crippen LogP contribution in [0.1, 0.15) is 16.7 Å². The van der Waals surface area contributed by atoms with Crippen molar-refractivity contribution in [3.8, 4) is 0 Å². The van der Waals surface area contributed by atoms with Gasteiger partial charge < -0.3 is 10.8 Å². The Balaban J connectivity index is 2.06. The van der Waals surface area contributed by atoms with Crippen molar-refractivity contribution < 1.29 is 18.3 Å². The number of nitrogens with zero attached hydrogens (tertiary/aromatic N) is 1. The number of hydrogen-bond acceptors (Lipinski definition) is 3.